The maximum Gasteiger partial charge on any atom is 0.326 e. The number of aliphatic carboxylic acids is 2. The predicted octanol–water partition coefficient (Wildman–Crippen LogP) is -0.926. The largest absolute Gasteiger partial charge is 0.481 e. The van der Waals surface area contributed by atoms with Gasteiger partial charge in [0.1, 0.15) is 6.04 Å². The summed E-state index contributed by atoms with van der Waals surface area (Å²) in [6.45, 7) is 5.24. The molecule has 2 atom stereocenters. The van der Waals surface area contributed by atoms with Crippen molar-refractivity contribution in [2.75, 3.05) is 6.54 Å². The van der Waals surface area contributed by atoms with Crippen molar-refractivity contribution in [2.45, 2.75) is 52.1 Å². The van der Waals surface area contributed by atoms with E-state index >= 15 is 0 Å². The summed E-state index contributed by atoms with van der Waals surface area (Å²) in [5.74, 6) is -2.21. The van der Waals surface area contributed by atoms with Gasteiger partial charge in [-0.15, -0.1) is 0 Å². The van der Waals surface area contributed by atoms with Gasteiger partial charge in [0.05, 0.1) is 6.04 Å². The van der Waals surface area contributed by atoms with E-state index in [1.807, 2.05) is 13.8 Å². The second-order valence-electron chi connectivity index (χ2n) is 5.60. The van der Waals surface area contributed by atoms with Gasteiger partial charge in [-0.1, -0.05) is 13.8 Å². The van der Waals surface area contributed by atoms with Crippen LogP contribution in [-0.2, 0) is 14.4 Å². The summed E-state index contributed by atoms with van der Waals surface area (Å²) >= 11 is 0. The molecule has 0 aromatic carbocycles. The average Bonchev–Trinajstić information content (AvgIpc) is 2.40. The summed E-state index contributed by atoms with van der Waals surface area (Å²) in [4.78, 5) is 35.6. The van der Waals surface area contributed by atoms with Crippen LogP contribution >= 0.6 is 0 Å². The zero-order chi connectivity index (χ0) is 19.3. The van der Waals surface area contributed by atoms with Crippen LogP contribution in [0.4, 0.5) is 0 Å². The van der Waals surface area contributed by atoms with Gasteiger partial charge >= 0.3 is 5.97 Å². The van der Waals surface area contributed by atoms with Crippen LogP contribution in [0.2, 0.25) is 0 Å². The SMILES string of the molecule is CC(=O)O.CC(C)C[C@H](NC(=O)C(N)CCCN=C(N)N)C(=O)O. The third kappa shape index (κ3) is 16.0. The molecule has 10 nitrogen and oxygen atoms in total. The highest BCUT2D eigenvalue weighted by atomic mass is 16.4. The van der Waals surface area contributed by atoms with Crippen molar-refractivity contribution in [1.29, 1.82) is 0 Å². The molecule has 1 unspecified atom stereocenters. The molecule has 9 N–H and O–H groups in total. The van der Waals surface area contributed by atoms with E-state index in [1.54, 1.807) is 0 Å². The molecule has 0 heterocycles. The van der Waals surface area contributed by atoms with Crippen LogP contribution in [0.3, 0.4) is 0 Å². The van der Waals surface area contributed by atoms with Crippen LogP contribution in [0.25, 0.3) is 0 Å². The van der Waals surface area contributed by atoms with E-state index in [4.69, 9.17) is 32.2 Å². The maximum atomic E-state index is 11.8. The van der Waals surface area contributed by atoms with Crippen molar-refractivity contribution in [3.8, 4) is 0 Å². The molecule has 0 aromatic rings. The molecule has 140 valence electrons. The number of amides is 1. The Hall–Kier alpha value is -2.36. The summed E-state index contributed by atoms with van der Waals surface area (Å²) in [6.07, 6.45) is 1.30. The van der Waals surface area contributed by atoms with E-state index in [2.05, 4.69) is 10.3 Å². The monoisotopic (exact) mass is 347 g/mol. The van der Waals surface area contributed by atoms with Gasteiger partial charge in [0.25, 0.3) is 5.97 Å². The van der Waals surface area contributed by atoms with Gasteiger partial charge < -0.3 is 32.7 Å². The topological polar surface area (TPSA) is 194 Å². The lowest BCUT2D eigenvalue weighted by Gasteiger charge is -2.19. The zero-order valence-corrected chi connectivity index (χ0v) is 14.4. The van der Waals surface area contributed by atoms with Crippen molar-refractivity contribution < 1.29 is 24.6 Å². The quantitative estimate of drug-likeness (QED) is 0.175. The number of carbonyl (C=O) groups excluding carboxylic acids is 1. The second-order valence-corrected chi connectivity index (χ2v) is 5.60. The Kier molecular flexibility index (Phi) is 13.1. The number of nitrogens with one attached hydrogen (secondary N) is 1. The summed E-state index contributed by atoms with van der Waals surface area (Å²) < 4.78 is 0. The molecule has 0 bridgehead atoms. The highest BCUT2D eigenvalue weighted by Gasteiger charge is 2.23. The van der Waals surface area contributed by atoms with E-state index in [0.29, 0.717) is 25.8 Å². The molecule has 0 spiro atoms. The average molecular weight is 347 g/mol. The first kappa shape index (κ1) is 23.9. The normalized spacial score (nSPS) is 12.4. The number of hydrogen-bond donors (Lipinski definition) is 6. The van der Waals surface area contributed by atoms with Gasteiger partial charge in [0, 0.05) is 13.5 Å². The molecule has 0 rings (SSSR count). The van der Waals surface area contributed by atoms with E-state index in [-0.39, 0.29) is 11.9 Å². The number of carbonyl (C=O) groups is 3. The summed E-state index contributed by atoms with van der Waals surface area (Å²) in [5.41, 5.74) is 16.0. The molecule has 24 heavy (non-hydrogen) atoms. The number of guanidine groups is 1. The summed E-state index contributed by atoms with van der Waals surface area (Å²) in [5, 5.41) is 18.9. The predicted molar refractivity (Wildman–Crippen MR) is 90.2 cm³/mol. The number of carboxylic acid groups (broad SMARTS) is 2. The number of carboxylic acids is 2. The van der Waals surface area contributed by atoms with Crippen molar-refractivity contribution in [3.05, 3.63) is 0 Å². The molecule has 0 aliphatic heterocycles. The fraction of sp³-hybridized carbons (Fsp3) is 0.714. The van der Waals surface area contributed by atoms with Crippen molar-refractivity contribution in [1.82, 2.24) is 5.32 Å². The molecule has 0 radical (unpaired) electrons. The second kappa shape index (κ2) is 13.1. The number of nitrogens with zero attached hydrogens (tertiary/aromatic N) is 1. The third-order valence-corrected chi connectivity index (χ3v) is 2.63. The minimum Gasteiger partial charge on any atom is -0.481 e. The molecule has 0 aliphatic carbocycles. The van der Waals surface area contributed by atoms with Crippen molar-refractivity contribution in [3.63, 3.8) is 0 Å². The van der Waals surface area contributed by atoms with E-state index in [9.17, 15) is 9.59 Å². The molecule has 0 saturated carbocycles. The highest BCUT2D eigenvalue weighted by molar-refractivity contribution is 5.86. The number of aliphatic imine (C=N–C) groups is 1. The molecule has 0 aromatic heterocycles. The fourth-order valence-corrected chi connectivity index (χ4v) is 1.62. The van der Waals surface area contributed by atoms with Crippen LogP contribution in [0.5, 0.6) is 0 Å². The molecule has 1 amide bonds. The van der Waals surface area contributed by atoms with Crippen LogP contribution < -0.4 is 22.5 Å². The van der Waals surface area contributed by atoms with Crippen molar-refractivity contribution >= 4 is 23.8 Å². The third-order valence-electron chi connectivity index (χ3n) is 2.63. The smallest absolute Gasteiger partial charge is 0.326 e. The first-order valence-electron chi connectivity index (χ1n) is 7.51. The molecule has 0 fully saturated rings. The lowest BCUT2D eigenvalue weighted by Crippen LogP contribution is -2.48. The number of hydrogen-bond acceptors (Lipinski definition) is 5. The van der Waals surface area contributed by atoms with E-state index in [0.717, 1.165) is 6.92 Å². The standard InChI is InChI=1S/C12H25N5O3.C2H4O2/c1-7(2)6-9(11(19)20)17-10(18)8(13)4-3-5-16-12(14)15;1-2(3)4/h7-9H,3-6,13H2,1-2H3,(H,17,18)(H,19,20)(H4,14,15,16);1H3,(H,3,4)/t8?,9-;/m0./s1. The first-order valence-corrected chi connectivity index (χ1v) is 7.51. The molecule has 10 heteroatoms. The van der Waals surface area contributed by atoms with Crippen LogP contribution in [0, 0.1) is 5.92 Å². The molecule has 0 saturated heterocycles. The summed E-state index contributed by atoms with van der Waals surface area (Å²) in [7, 11) is 0. The van der Waals surface area contributed by atoms with Gasteiger partial charge in [-0.05, 0) is 25.2 Å². The Labute approximate surface area is 141 Å². The maximum absolute atomic E-state index is 11.8. The van der Waals surface area contributed by atoms with Crippen molar-refractivity contribution in [2.24, 2.45) is 28.1 Å². The van der Waals surface area contributed by atoms with Gasteiger partial charge in [-0.3, -0.25) is 14.6 Å². The fourth-order valence-electron chi connectivity index (χ4n) is 1.62. The zero-order valence-electron chi connectivity index (χ0n) is 14.4. The Morgan fingerprint density at radius 2 is 1.67 bits per heavy atom. The van der Waals surface area contributed by atoms with Crippen LogP contribution in [0.1, 0.15) is 40.0 Å². The van der Waals surface area contributed by atoms with E-state index < -0.39 is 29.9 Å². The Morgan fingerprint density at radius 1 is 1.17 bits per heavy atom. The minimum atomic E-state index is -1.06. The lowest BCUT2D eigenvalue weighted by atomic mass is 10.0. The summed E-state index contributed by atoms with van der Waals surface area (Å²) in [6, 6.07) is -1.68. The molecular weight excluding hydrogens is 318 g/mol. The Balaban J connectivity index is 0. The van der Waals surface area contributed by atoms with E-state index in [1.165, 1.54) is 0 Å². The first-order chi connectivity index (χ1) is 11.0. The molecular formula is C14H29N5O5. The number of rotatable bonds is 9. The lowest BCUT2D eigenvalue weighted by molar-refractivity contribution is -0.142. The minimum absolute atomic E-state index is 0.00843. The molecule has 0 aliphatic rings. The van der Waals surface area contributed by atoms with Crippen LogP contribution in [0.15, 0.2) is 4.99 Å². The number of nitrogens with two attached hydrogens (primary N) is 3. The van der Waals surface area contributed by atoms with Gasteiger partial charge in [0.15, 0.2) is 5.96 Å². The Bertz CT molecular complexity index is 431. The van der Waals surface area contributed by atoms with Gasteiger partial charge in [0.2, 0.25) is 5.91 Å². The Morgan fingerprint density at radius 3 is 2.04 bits per heavy atom. The van der Waals surface area contributed by atoms with Gasteiger partial charge in [-0.25, -0.2) is 4.79 Å². The van der Waals surface area contributed by atoms with Gasteiger partial charge in [-0.2, -0.15) is 0 Å². The van der Waals surface area contributed by atoms with Crippen LogP contribution in [-0.4, -0.2) is 52.6 Å². The highest BCUT2D eigenvalue weighted by Crippen LogP contribution is 2.06.